The lowest BCUT2D eigenvalue weighted by molar-refractivity contribution is 0.232. The van der Waals surface area contributed by atoms with Gasteiger partial charge >= 0.3 is 0 Å². The SMILES string of the molecule is CC(C)Oc1nccnc1N[C@@H](C)CO. The normalized spacial score (nSPS) is 12.6. The van der Waals surface area contributed by atoms with E-state index in [2.05, 4.69) is 15.3 Å². The number of hydrogen-bond donors (Lipinski definition) is 2. The van der Waals surface area contributed by atoms with Crippen molar-refractivity contribution in [2.24, 2.45) is 0 Å². The molecular formula is C10H17N3O2. The van der Waals surface area contributed by atoms with Gasteiger partial charge in [0.25, 0.3) is 5.88 Å². The summed E-state index contributed by atoms with van der Waals surface area (Å²) in [6, 6.07) is -0.0730. The van der Waals surface area contributed by atoms with Crippen LogP contribution in [0.2, 0.25) is 0 Å². The minimum atomic E-state index is -0.0730. The Morgan fingerprint density at radius 3 is 2.60 bits per heavy atom. The molecule has 0 aliphatic heterocycles. The fraction of sp³-hybridized carbons (Fsp3) is 0.600. The molecule has 0 saturated carbocycles. The first-order valence-corrected chi connectivity index (χ1v) is 4.98. The minimum Gasteiger partial charge on any atom is -0.472 e. The van der Waals surface area contributed by atoms with Crippen molar-refractivity contribution in [1.82, 2.24) is 9.97 Å². The van der Waals surface area contributed by atoms with Crippen LogP contribution in [0.15, 0.2) is 12.4 Å². The molecule has 0 fully saturated rings. The molecule has 0 spiro atoms. The van der Waals surface area contributed by atoms with E-state index in [0.717, 1.165) is 0 Å². The van der Waals surface area contributed by atoms with E-state index in [1.807, 2.05) is 20.8 Å². The van der Waals surface area contributed by atoms with E-state index in [9.17, 15) is 0 Å². The highest BCUT2D eigenvalue weighted by molar-refractivity contribution is 5.45. The van der Waals surface area contributed by atoms with Crippen molar-refractivity contribution in [3.05, 3.63) is 12.4 Å². The van der Waals surface area contributed by atoms with Crippen LogP contribution in [0.4, 0.5) is 5.82 Å². The van der Waals surface area contributed by atoms with Crippen LogP contribution in [0.3, 0.4) is 0 Å². The topological polar surface area (TPSA) is 67.3 Å². The van der Waals surface area contributed by atoms with Gasteiger partial charge in [-0.3, -0.25) is 0 Å². The average molecular weight is 211 g/mol. The van der Waals surface area contributed by atoms with Crippen LogP contribution >= 0.6 is 0 Å². The Morgan fingerprint density at radius 1 is 1.33 bits per heavy atom. The molecule has 0 saturated heterocycles. The number of hydrogen-bond acceptors (Lipinski definition) is 5. The summed E-state index contributed by atoms with van der Waals surface area (Å²) < 4.78 is 5.47. The van der Waals surface area contributed by atoms with Crippen molar-refractivity contribution in [1.29, 1.82) is 0 Å². The molecule has 0 amide bonds. The maximum absolute atomic E-state index is 8.92. The zero-order chi connectivity index (χ0) is 11.3. The number of ether oxygens (including phenoxy) is 1. The van der Waals surface area contributed by atoms with E-state index in [1.54, 1.807) is 12.4 Å². The lowest BCUT2D eigenvalue weighted by Gasteiger charge is -2.15. The van der Waals surface area contributed by atoms with Crippen LogP contribution in [0.1, 0.15) is 20.8 Å². The number of aliphatic hydroxyl groups is 1. The van der Waals surface area contributed by atoms with Crippen LogP contribution in [0.25, 0.3) is 0 Å². The lowest BCUT2D eigenvalue weighted by atomic mass is 10.3. The van der Waals surface area contributed by atoms with E-state index >= 15 is 0 Å². The summed E-state index contributed by atoms with van der Waals surface area (Å²) in [5.74, 6) is 1.03. The maximum atomic E-state index is 8.92. The zero-order valence-corrected chi connectivity index (χ0v) is 9.27. The molecule has 1 rings (SSSR count). The van der Waals surface area contributed by atoms with Gasteiger partial charge < -0.3 is 15.2 Å². The molecule has 0 aromatic carbocycles. The van der Waals surface area contributed by atoms with Gasteiger partial charge in [-0.15, -0.1) is 0 Å². The zero-order valence-electron chi connectivity index (χ0n) is 9.27. The summed E-state index contributed by atoms with van der Waals surface area (Å²) in [6.45, 7) is 5.74. The fourth-order valence-corrected chi connectivity index (χ4v) is 1.01. The van der Waals surface area contributed by atoms with Gasteiger partial charge in [0.2, 0.25) is 0 Å². The van der Waals surface area contributed by atoms with Crippen LogP contribution < -0.4 is 10.1 Å². The van der Waals surface area contributed by atoms with Crippen molar-refractivity contribution in [2.45, 2.75) is 32.9 Å². The van der Waals surface area contributed by atoms with Gasteiger partial charge in [-0.2, -0.15) is 0 Å². The number of nitrogens with zero attached hydrogens (tertiary/aromatic N) is 2. The van der Waals surface area contributed by atoms with Crippen LogP contribution in [-0.4, -0.2) is 33.8 Å². The highest BCUT2D eigenvalue weighted by Gasteiger charge is 2.10. The van der Waals surface area contributed by atoms with E-state index in [4.69, 9.17) is 9.84 Å². The molecule has 1 atom stereocenters. The van der Waals surface area contributed by atoms with E-state index < -0.39 is 0 Å². The predicted octanol–water partition coefficient (Wildman–Crippen LogP) is 1.06. The first kappa shape index (κ1) is 11.7. The summed E-state index contributed by atoms with van der Waals surface area (Å²) in [5.41, 5.74) is 0. The van der Waals surface area contributed by atoms with Gasteiger partial charge in [0, 0.05) is 18.4 Å². The van der Waals surface area contributed by atoms with Crippen LogP contribution in [0.5, 0.6) is 5.88 Å². The third kappa shape index (κ3) is 3.71. The van der Waals surface area contributed by atoms with Crippen molar-refractivity contribution in [2.75, 3.05) is 11.9 Å². The number of rotatable bonds is 5. The van der Waals surface area contributed by atoms with Gasteiger partial charge in [-0.1, -0.05) is 0 Å². The van der Waals surface area contributed by atoms with Crippen molar-refractivity contribution >= 4 is 5.82 Å². The molecule has 1 aromatic heterocycles. The Labute approximate surface area is 89.5 Å². The largest absolute Gasteiger partial charge is 0.472 e. The maximum Gasteiger partial charge on any atom is 0.257 e. The van der Waals surface area contributed by atoms with Crippen LogP contribution in [0, 0.1) is 0 Å². The molecule has 5 nitrogen and oxygen atoms in total. The first-order chi connectivity index (χ1) is 7.13. The van der Waals surface area contributed by atoms with Gasteiger partial charge in [-0.05, 0) is 20.8 Å². The van der Waals surface area contributed by atoms with Crippen molar-refractivity contribution < 1.29 is 9.84 Å². The summed E-state index contributed by atoms with van der Waals surface area (Å²) in [6.07, 6.45) is 3.21. The summed E-state index contributed by atoms with van der Waals surface area (Å²) >= 11 is 0. The Bertz CT molecular complexity index is 304. The number of aromatic nitrogens is 2. The fourth-order valence-electron chi connectivity index (χ4n) is 1.01. The number of aliphatic hydroxyl groups excluding tert-OH is 1. The Morgan fingerprint density at radius 2 is 2.00 bits per heavy atom. The third-order valence-corrected chi connectivity index (χ3v) is 1.67. The highest BCUT2D eigenvalue weighted by atomic mass is 16.5. The van der Waals surface area contributed by atoms with Gasteiger partial charge in [0.1, 0.15) is 0 Å². The third-order valence-electron chi connectivity index (χ3n) is 1.67. The molecule has 1 aromatic rings. The monoisotopic (exact) mass is 211 g/mol. The predicted molar refractivity (Wildman–Crippen MR) is 58.0 cm³/mol. The van der Waals surface area contributed by atoms with E-state index in [-0.39, 0.29) is 18.8 Å². The Balaban J connectivity index is 2.76. The molecule has 84 valence electrons. The summed E-state index contributed by atoms with van der Waals surface area (Å²) in [5, 5.41) is 11.9. The molecule has 0 unspecified atom stereocenters. The van der Waals surface area contributed by atoms with Crippen molar-refractivity contribution in [3.8, 4) is 5.88 Å². The molecule has 0 aliphatic carbocycles. The second-order valence-electron chi connectivity index (χ2n) is 3.60. The Kier molecular flexibility index (Phi) is 4.30. The van der Waals surface area contributed by atoms with Gasteiger partial charge in [0.05, 0.1) is 12.7 Å². The molecule has 1 heterocycles. The van der Waals surface area contributed by atoms with Gasteiger partial charge in [0.15, 0.2) is 5.82 Å². The summed E-state index contributed by atoms with van der Waals surface area (Å²) in [4.78, 5) is 8.19. The first-order valence-electron chi connectivity index (χ1n) is 4.98. The molecule has 0 bridgehead atoms. The molecule has 0 aliphatic rings. The van der Waals surface area contributed by atoms with E-state index in [0.29, 0.717) is 11.7 Å². The quantitative estimate of drug-likeness (QED) is 0.762. The number of nitrogens with one attached hydrogen (secondary N) is 1. The second-order valence-corrected chi connectivity index (χ2v) is 3.60. The molecular weight excluding hydrogens is 194 g/mol. The average Bonchev–Trinajstić information content (AvgIpc) is 2.20. The van der Waals surface area contributed by atoms with Crippen molar-refractivity contribution in [3.63, 3.8) is 0 Å². The Hall–Kier alpha value is -1.36. The van der Waals surface area contributed by atoms with Gasteiger partial charge in [-0.25, -0.2) is 9.97 Å². The van der Waals surface area contributed by atoms with E-state index in [1.165, 1.54) is 0 Å². The lowest BCUT2D eigenvalue weighted by Crippen LogP contribution is -2.21. The standard InChI is InChI=1S/C10H17N3O2/c1-7(2)15-10-9(11-4-5-12-10)13-8(3)6-14/h4-5,7-8,14H,6H2,1-3H3,(H,11,13)/t8-/m0/s1. The van der Waals surface area contributed by atoms with Crippen LogP contribution in [-0.2, 0) is 0 Å². The molecule has 15 heavy (non-hydrogen) atoms. The highest BCUT2D eigenvalue weighted by Crippen LogP contribution is 2.19. The molecule has 0 radical (unpaired) electrons. The smallest absolute Gasteiger partial charge is 0.257 e. The minimum absolute atomic E-state index is 0.0394. The molecule has 2 N–H and O–H groups in total. The second kappa shape index (κ2) is 5.50. The number of anilines is 1. The summed E-state index contributed by atoms with van der Waals surface area (Å²) in [7, 11) is 0. The molecule has 5 heteroatoms.